The summed E-state index contributed by atoms with van der Waals surface area (Å²) in [7, 11) is -7.72. The van der Waals surface area contributed by atoms with E-state index in [0.29, 0.717) is 5.92 Å². The lowest BCUT2D eigenvalue weighted by Crippen LogP contribution is -2.31. The van der Waals surface area contributed by atoms with Crippen LogP contribution >= 0.6 is 0 Å². The molecule has 6 nitrogen and oxygen atoms in total. The standard InChI is InChI=1S/C18H21FN2O4S2/c1-12-10-15(12)18(13-6-4-3-5-7-13)21-27(24,25)17-9-8-14(11-16(17)19)20-26(2,22)23/h3-9,11-12,15,18,20-21H,10H2,1-2H3. The van der Waals surface area contributed by atoms with Gasteiger partial charge in [0.1, 0.15) is 10.7 Å². The first-order valence-corrected chi connectivity index (χ1v) is 11.8. The van der Waals surface area contributed by atoms with E-state index in [2.05, 4.69) is 9.44 Å². The summed E-state index contributed by atoms with van der Waals surface area (Å²) >= 11 is 0. The van der Waals surface area contributed by atoms with Crippen molar-refractivity contribution in [1.29, 1.82) is 0 Å². The molecule has 1 fully saturated rings. The fourth-order valence-corrected chi connectivity index (χ4v) is 5.00. The van der Waals surface area contributed by atoms with Crippen LogP contribution in [0.5, 0.6) is 0 Å². The monoisotopic (exact) mass is 412 g/mol. The summed E-state index contributed by atoms with van der Waals surface area (Å²) in [6.45, 7) is 2.04. The number of rotatable bonds is 7. The van der Waals surface area contributed by atoms with Gasteiger partial charge in [-0.1, -0.05) is 37.3 Å². The van der Waals surface area contributed by atoms with E-state index in [0.717, 1.165) is 30.4 Å². The number of nitrogens with one attached hydrogen (secondary N) is 2. The Kier molecular flexibility index (Phi) is 5.29. The van der Waals surface area contributed by atoms with Gasteiger partial charge in [0.05, 0.1) is 18.0 Å². The van der Waals surface area contributed by atoms with E-state index < -0.39 is 36.8 Å². The third kappa shape index (κ3) is 4.85. The van der Waals surface area contributed by atoms with Crippen LogP contribution in [0.15, 0.2) is 53.4 Å². The van der Waals surface area contributed by atoms with Crippen molar-refractivity contribution in [2.24, 2.45) is 11.8 Å². The van der Waals surface area contributed by atoms with Gasteiger partial charge in [-0.2, -0.15) is 0 Å². The molecule has 0 aromatic heterocycles. The normalized spacial score (nSPS) is 20.9. The molecular weight excluding hydrogens is 391 g/mol. The summed E-state index contributed by atoms with van der Waals surface area (Å²) in [5.74, 6) is -0.493. The highest BCUT2D eigenvalue weighted by atomic mass is 32.2. The van der Waals surface area contributed by atoms with E-state index in [1.807, 2.05) is 37.3 Å². The van der Waals surface area contributed by atoms with Gasteiger partial charge in [0.15, 0.2) is 0 Å². The van der Waals surface area contributed by atoms with Gasteiger partial charge in [-0.05, 0) is 42.0 Å². The van der Waals surface area contributed by atoms with Gasteiger partial charge in [0.2, 0.25) is 20.0 Å². The second-order valence-electron chi connectivity index (χ2n) is 6.91. The minimum Gasteiger partial charge on any atom is -0.284 e. The maximum absolute atomic E-state index is 14.4. The molecule has 27 heavy (non-hydrogen) atoms. The van der Waals surface area contributed by atoms with Crippen LogP contribution in [0.2, 0.25) is 0 Å². The number of sulfonamides is 2. The Hall–Kier alpha value is -1.97. The lowest BCUT2D eigenvalue weighted by Gasteiger charge is -2.20. The highest BCUT2D eigenvalue weighted by Crippen LogP contribution is 2.47. The fourth-order valence-electron chi connectivity index (χ4n) is 3.11. The van der Waals surface area contributed by atoms with Crippen LogP contribution in [-0.2, 0) is 20.0 Å². The highest BCUT2D eigenvalue weighted by Gasteiger charge is 2.42. The Morgan fingerprint density at radius 2 is 1.70 bits per heavy atom. The maximum atomic E-state index is 14.4. The molecule has 0 spiro atoms. The van der Waals surface area contributed by atoms with Crippen LogP contribution < -0.4 is 9.44 Å². The van der Waals surface area contributed by atoms with Crippen molar-refractivity contribution in [3.05, 3.63) is 59.9 Å². The molecule has 0 bridgehead atoms. The van der Waals surface area contributed by atoms with Gasteiger partial charge in [-0.3, -0.25) is 4.72 Å². The van der Waals surface area contributed by atoms with Crippen molar-refractivity contribution in [3.63, 3.8) is 0 Å². The lowest BCUT2D eigenvalue weighted by molar-refractivity contribution is 0.506. The van der Waals surface area contributed by atoms with E-state index >= 15 is 0 Å². The van der Waals surface area contributed by atoms with Crippen LogP contribution in [0.1, 0.15) is 24.9 Å². The molecule has 3 rings (SSSR count). The lowest BCUT2D eigenvalue weighted by atomic mass is 10.0. The van der Waals surface area contributed by atoms with E-state index in [-0.39, 0.29) is 11.6 Å². The molecular formula is C18H21FN2O4S2. The number of hydrogen-bond acceptors (Lipinski definition) is 4. The van der Waals surface area contributed by atoms with Crippen LogP contribution in [0, 0.1) is 17.7 Å². The van der Waals surface area contributed by atoms with Crippen molar-refractivity contribution in [1.82, 2.24) is 4.72 Å². The van der Waals surface area contributed by atoms with Crippen LogP contribution in [0.25, 0.3) is 0 Å². The zero-order valence-electron chi connectivity index (χ0n) is 14.9. The van der Waals surface area contributed by atoms with E-state index in [1.54, 1.807) is 0 Å². The Morgan fingerprint density at radius 3 is 2.22 bits per heavy atom. The minimum absolute atomic E-state index is 0.0376. The van der Waals surface area contributed by atoms with E-state index in [1.165, 1.54) is 6.07 Å². The molecule has 146 valence electrons. The average molecular weight is 413 g/mol. The molecule has 2 aromatic carbocycles. The summed E-state index contributed by atoms with van der Waals surface area (Å²) < 4.78 is 67.2. The molecule has 0 amide bonds. The molecule has 1 aliphatic carbocycles. The van der Waals surface area contributed by atoms with Gasteiger partial charge in [0.25, 0.3) is 0 Å². The first-order chi connectivity index (χ1) is 12.6. The number of benzene rings is 2. The molecule has 2 N–H and O–H groups in total. The largest absolute Gasteiger partial charge is 0.284 e. The summed E-state index contributed by atoms with van der Waals surface area (Å²) in [6.07, 6.45) is 1.82. The summed E-state index contributed by atoms with van der Waals surface area (Å²) in [5.41, 5.74) is 0.788. The topological polar surface area (TPSA) is 92.3 Å². The number of halogens is 1. The third-order valence-electron chi connectivity index (χ3n) is 4.57. The molecule has 2 aromatic rings. The Balaban J connectivity index is 1.89. The van der Waals surface area contributed by atoms with Crippen LogP contribution in [0.4, 0.5) is 10.1 Å². The van der Waals surface area contributed by atoms with Crippen molar-refractivity contribution in [2.45, 2.75) is 24.3 Å². The van der Waals surface area contributed by atoms with Crippen molar-refractivity contribution < 1.29 is 21.2 Å². The molecule has 0 heterocycles. The predicted octanol–water partition coefficient (Wildman–Crippen LogP) is 2.87. The van der Waals surface area contributed by atoms with Crippen LogP contribution in [-0.4, -0.2) is 23.1 Å². The third-order valence-corrected chi connectivity index (χ3v) is 6.65. The summed E-state index contributed by atoms with van der Waals surface area (Å²) in [4.78, 5) is -0.518. The molecule has 9 heteroatoms. The van der Waals surface area contributed by atoms with Crippen LogP contribution in [0.3, 0.4) is 0 Å². The second-order valence-corrected chi connectivity index (χ2v) is 10.3. The van der Waals surface area contributed by atoms with E-state index in [9.17, 15) is 21.2 Å². The average Bonchev–Trinajstić information content (AvgIpc) is 3.28. The first kappa shape index (κ1) is 19.8. The van der Waals surface area contributed by atoms with Crippen molar-refractivity contribution >= 4 is 25.7 Å². The molecule has 0 radical (unpaired) electrons. The molecule has 0 saturated heterocycles. The van der Waals surface area contributed by atoms with Crippen molar-refractivity contribution in [2.75, 3.05) is 11.0 Å². The molecule has 1 saturated carbocycles. The fraction of sp³-hybridized carbons (Fsp3) is 0.333. The molecule has 0 aliphatic heterocycles. The molecule has 1 aliphatic rings. The SMILES string of the molecule is CC1CC1C(NS(=O)(=O)c1ccc(NS(C)(=O)=O)cc1F)c1ccccc1. The van der Waals surface area contributed by atoms with Gasteiger partial charge in [-0.25, -0.2) is 25.9 Å². The minimum atomic E-state index is -4.13. The zero-order valence-corrected chi connectivity index (χ0v) is 16.5. The predicted molar refractivity (Wildman–Crippen MR) is 102 cm³/mol. The number of hydrogen-bond donors (Lipinski definition) is 2. The van der Waals surface area contributed by atoms with Gasteiger partial charge >= 0.3 is 0 Å². The maximum Gasteiger partial charge on any atom is 0.244 e. The molecule has 3 atom stereocenters. The van der Waals surface area contributed by atoms with Gasteiger partial charge in [-0.15, -0.1) is 0 Å². The Bertz CT molecular complexity index is 1040. The Morgan fingerprint density at radius 1 is 1.07 bits per heavy atom. The highest BCUT2D eigenvalue weighted by molar-refractivity contribution is 7.92. The quantitative estimate of drug-likeness (QED) is 0.731. The smallest absolute Gasteiger partial charge is 0.244 e. The van der Waals surface area contributed by atoms with Gasteiger partial charge < -0.3 is 0 Å². The van der Waals surface area contributed by atoms with Gasteiger partial charge in [0, 0.05) is 0 Å². The van der Waals surface area contributed by atoms with E-state index in [4.69, 9.17) is 0 Å². The number of anilines is 1. The summed E-state index contributed by atoms with van der Waals surface area (Å²) in [6, 6.07) is 11.9. The second kappa shape index (κ2) is 7.21. The molecule has 3 unspecified atom stereocenters. The first-order valence-electron chi connectivity index (χ1n) is 8.41. The van der Waals surface area contributed by atoms with Crippen molar-refractivity contribution in [3.8, 4) is 0 Å². The zero-order chi connectivity index (χ0) is 19.8. The Labute approximate surface area is 158 Å². The summed E-state index contributed by atoms with van der Waals surface area (Å²) in [5, 5.41) is 0.